The second-order valence-corrected chi connectivity index (χ2v) is 18.3. The Labute approximate surface area is 358 Å². The van der Waals surface area contributed by atoms with Gasteiger partial charge in [-0.2, -0.15) is 8.42 Å². The van der Waals surface area contributed by atoms with Gasteiger partial charge in [0.25, 0.3) is 10.1 Å². The number of aliphatic hydroxyl groups excluding tert-OH is 3. The highest BCUT2D eigenvalue weighted by atomic mass is 32.2. The van der Waals surface area contributed by atoms with Gasteiger partial charge in [0.15, 0.2) is 12.4 Å². The van der Waals surface area contributed by atoms with Gasteiger partial charge < -0.3 is 34.3 Å². The van der Waals surface area contributed by atoms with E-state index in [9.17, 15) is 37.9 Å². The van der Waals surface area contributed by atoms with E-state index in [-0.39, 0.29) is 19.4 Å². The lowest BCUT2D eigenvalue weighted by molar-refractivity contribution is -0.297. The van der Waals surface area contributed by atoms with Crippen molar-refractivity contribution in [2.75, 3.05) is 19.0 Å². The summed E-state index contributed by atoms with van der Waals surface area (Å²) in [7, 11) is -4.60. The molecule has 1 aliphatic rings. The first-order chi connectivity index (χ1) is 28.5. The van der Waals surface area contributed by atoms with Crippen LogP contribution in [0.4, 0.5) is 0 Å². The molecule has 1 aliphatic heterocycles. The Morgan fingerprint density at radius 2 is 0.983 bits per heavy atom. The van der Waals surface area contributed by atoms with E-state index in [0.29, 0.717) is 19.3 Å². The number of carbonyl (C=O) groups excluding carboxylic acids is 2. The number of allylic oxidation sites excluding steroid dienone is 2. The summed E-state index contributed by atoms with van der Waals surface area (Å²) in [5.41, 5.74) is 0. The van der Waals surface area contributed by atoms with Crippen LogP contribution in [0, 0.1) is 0 Å². The quantitative estimate of drug-likeness (QED) is 0.0198. The lowest BCUT2D eigenvalue weighted by Gasteiger charge is -2.40. The van der Waals surface area contributed by atoms with E-state index in [1.54, 1.807) is 0 Å². The number of unbranched alkanes of at least 4 members (excludes halogenated alkanes) is 26. The van der Waals surface area contributed by atoms with Crippen LogP contribution in [0.1, 0.15) is 213 Å². The maximum Gasteiger partial charge on any atom is 0.306 e. The van der Waals surface area contributed by atoms with E-state index in [1.165, 1.54) is 135 Å². The molecule has 1 fully saturated rings. The molecule has 4 N–H and O–H groups in total. The van der Waals surface area contributed by atoms with Gasteiger partial charge in [-0.25, -0.2) is 0 Å². The van der Waals surface area contributed by atoms with Gasteiger partial charge in [-0.15, -0.1) is 0 Å². The van der Waals surface area contributed by atoms with E-state index in [2.05, 4.69) is 26.0 Å². The number of carbonyl (C=O) groups is 2. The first-order valence-corrected chi connectivity index (χ1v) is 25.4. The molecule has 0 spiro atoms. The predicted molar refractivity (Wildman–Crippen MR) is 234 cm³/mol. The Kier molecular flexibility index (Phi) is 34.7. The zero-order valence-corrected chi connectivity index (χ0v) is 37.9. The second-order valence-electron chi connectivity index (χ2n) is 16.8. The van der Waals surface area contributed by atoms with E-state index in [4.69, 9.17) is 18.9 Å². The Hall–Kier alpha value is -1.61. The van der Waals surface area contributed by atoms with Gasteiger partial charge in [0.2, 0.25) is 0 Å². The van der Waals surface area contributed by atoms with Gasteiger partial charge in [-0.1, -0.05) is 180 Å². The molecule has 12 nitrogen and oxygen atoms in total. The van der Waals surface area contributed by atoms with Crippen LogP contribution >= 0.6 is 0 Å². The standard InChI is InChI=1S/C46H86O12S/c1-3-5-7-9-11-13-14-15-16-17-18-19-20-21-22-23-24-25-26-27-29-31-33-35-42(48)57-39(36-55-41(47)34-32-30-28-12-10-8-6-4-2)37-56-46-45(51)44(50)43(49)40(58-46)38-59(52,53)54/h27,29,39-40,43-46,49-51H,3-26,28,30-38H2,1-2H3,(H,52,53,54)/b29-27+/t39-,40-,43-,44?,45?,46+/m1/s1. The molecule has 0 aliphatic carbocycles. The molecule has 0 aromatic rings. The van der Waals surface area contributed by atoms with Gasteiger partial charge in [-0.3, -0.25) is 14.1 Å². The highest BCUT2D eigenvalue weighted by Gasteiger charge is 2.46. The molecule has 1 rings (SSSR count). The lowest BCUT2D eigenvalue weighted by Crippen LogP contribution is -2.60. The van der Waals surface area contributed by atoms with E-state index in [0.717, 1.165) is 32.1 Å². The van der Waals surface area contributed by atoms with E-state index >= 15 is 0 Å². The number of ether oxygens (including phenoxy) is 4. The van der Waals surface area contributed by atoms with Crippen molar-refractivity contribution in [3.8, 4) is 0 Å². The number of rotatable bonds is 40. The van der Waals surface area contributed by atoms with Crippen molar-refractivity contribution in [1.82, 2.24) is 0 Å². The maximum absolute atomic E-state index is 12.8. The van der Waals surface area contributed by atoms with Crippen LogP contribution in [-0.4, -0.2) is 96.0 Å². The van der Waals surface area contributed by atoms with Crippen molar-refractivity contribution in [2.24, 2.45) is 0 Å². The first kappa shape index (κ1) is 55.4. The molecule has 0 saturated carbocycles. The molecule has 2 unspecified atom stereocenters. The second kappa shape index (κ2) is 37.0. The molecular weight excluding hydrogens is 777 g/mol. The third-order valence-electron chi connectivity index (χ3n) is 11.1. The minimum Gasteiger partial charge on any atom is -0.462 e. The Bertz CT molecular complexity index is 1150. The van der Waals surface area contributed by atoms with Gasteiger partial charge >= 0.3 is 11.9 Å². The van der Waals surface area contributed by atoms with Crippen molar-refractivity contribution in [1.29, 1.82) is 0 Å². The fraction of sp³-hybridized carbons (Fsp3) is 0.913. The third kappa shape index (κ3) is 31.8. The molecule has 1 heterocycles. The number of esters is 2. The van der Waals surface area contributed by atoms with Crippen molar-refractivity contribution >= 4 is 22.1 Å². The summed E-state index contributed by atoms with van der Waals surface area (Å²) in [5, 5.41) is 30.8. The summed E-state index contributed by atoms with van der Waals surface area (Å²) in [4.78, 5) is 25.3. The van der Waals surface area contributed by atoms with Crippen molar-refractivity contribution in [2.45, 2.75) is 250 Å². The smallest absolute Gasteiger partial charge is 0.306 e. The molecule has 0 aromatic carbocycles. The lowest BCUT2D eigenvalue weighted by atomic mass is 10.00. The molecule has 0 bridgehead atoms. The van der Waals surface area contributed by atoms with E-state index in [1.807, 2.05) is 0 Å². The predicted octanol–water partition coefficient (Wildman–Crippen LogP) is 9.84. The fourth-order valence-corrected chi connectivity index (χ4v) is 8.08. The van der Waals surface area contributed by atoms with Crippen LogP contribution in [0.3, 0.4) is 0 Å². The van der Waals surface area contributed by atoms with Crippen LogP contribution in [0.25, 0.3) is 0 Å². The van der Waals surface area contributed by atoms with E-state index < -0.39 is 71.2 Å². The maximum atomic E-state index is 12.8. The van der Waals surface area contributed by atoms with Crippen molar-refractivity contribution in [3.63, 3.8) is 0 Å². The first-order valence-electron chi connectivity index (χ1n) is 23.7. The molecule has 0 radical (unpaired) electrons. The molecule has 13 heteroatoms. The van der Waals surface area contributed by atoms with Crippen LogP contribution in [-0.2, 0) is 38.7 Å². The molecule has 348 valence electrons. The van der Waals surface area contributed by atoms with Gasteiger partial charge in [0.1, 0.15) is 36.8 Å². The molecule has 1 saturated heterocycles. The summed E-state index contributed by atoms with van der Waals surface area (Å²) < 4.78 is 53.9. The number of aliphatic hydroxyl groups is 3. The molecule has 0 aromatic heterocycles. The van der Waals surface area contributed by atoms with Crippen LogP contribution < -0.4 is 0 Å². The van der Waals surface area contributed by atoms with Gasteiger partial charge in [-0.05, 0) is 32.1 Å². The van der Waals surface area contributed by atoms with Crippen molar-refractivity contribution in [3.05, 3.63) is 12.2 Å². The Morgan fingerprint density at radius 1 is 0.559 bits per heavy atom. The normalized spacial score (nSPS) is 20.3. The van der Waals surface area contributed by atoms with Crippen LogP contribution in [0.5, 0.6) is 0 Å². The minimum atomic E-state index is -4.60. The Balaban J connectivity index is 2.33. The van der Waals surface area contributed by atoms with Crippen LogP contribution in [0.2, 0.25) is 0 Å². The van der Waals surface area contributed by atoms with Crippen LogP contribution in [0.15, 0.2) is 12.2 Å². The minimum absolute atomic E-state index is 0.121. The highest BCUT2D eigenvalue weighted by Crippen LogP contribution is 2.24. The monoisotopic (exact) mass is 863 g/mol. The Morgan fingerprint density at radius 3 is 1.46 bits per heavy atom. The van der Waals surface area contributed by atoms with Crippen molar-refractivity contribution < 1.29 is 56.8 Å². The summed E-state index contributed by atoms with van der Waals surface area (Å²) >= 11 is 0. The molecule has 0 amide bonds. The summed E-state index contributed by atoms with van der Waals surface area (Å²) in [5.74, 6) is -2.02. The van der Waals surface area contributed by atoms with Gasteiger partial charge in [0.05, 0.1) is 6.61 Å². The zero-order valence-electron chi connectivity index (χ0n) is 37.1. The average molecular weight is 863 g/mol. The highest BCUT2D eigenvalue weighted by molar-refractivity contribution is 7.85. The zero-order chi connectivity index (χ0) is 43.4. The fourth-order valence-electron chi connectivity index (χ4n) is 7.39. The molecule has 59 heavy (non-hydrogen) atoms. The summed E-state index contributed by atoms with van der Waals surface area (Å²) in [6, 6.07) is 0. The number of hydrogen-bond donors (Lipinski definition) is 4. The SMILES string of the molecule is CCCCCCCCCCCCCCCCCCCC/C=C/CCCC(=O)O[C@H](COC(=O)CCCCCCCCCC)CO[C@H]1O[C@H](CS(=O)(=O)O)[C@@H](O)C(O)C1O. The summed E-state index contributed by atoms with van der Waals surface area (Å²) in [6.07, 6.45) is 30.2. The largest absolute Gasteiger partial charge is 0.462 e. The molecule has 6 atom stereocenters. The molecular formula is C46H86O12S. The van der Waals surface area contributed by atoms with Gasteiger partial charge in [0, 0.05) is 12.8 Å². The number of hydrogen-bond acceptors (Lipinski definition) is 11. The summed E-state index contributed by atoms with van der Waals surface area (Å²) in [6.45, 7) is 3.72. The average Bonchev–Trinajstić information content (AvgIpc) is 3.20. The topological polar surface area (TPSA) is 186 Å². The third-order valence-corrected chi connectivity index (χ3v) is 11.8.